The third-order valence-corrected chi connectivity index (χ3v) is 2.68. The Kier molecular flexibility index (Phi) is 3.19. The van der Waals surface area contributed by atoms with Crippen LogP contribution >= 0.6 is 0 Å². The van der Waals surface area contributed by atoms with Crippen molar-refractivity contribution in [2.45, 2.75) is 12.5 Å². The normalized spacial score (nSPS) is 19.3. The SMILES string of the molecule is O=[N+]([O-])c1ccc(F)c(F)c1NC1CCNC1. The molecule has 1 fully saturated rings. The number of nitro benzene ring substituents is 1. The molecule has 2 N–H and O–H groups in total. The molecule has 0 aromatic heterocycles. The van der Waals surface area contributed by atoms with Crippen molar-refractivity contribution in [1.82, 2.24) is 5.32 Å². The molecule has 0 spiro atoms. The fourth-order valence-corrected chi connectivity index (χ4v) is 1.81. The summed E-state index contributed by atoms with van der Waals surface area (Å²) in [6, 6.07) is 1.60. The largest absolute Gasteiger partial charge is 0.373 e. The van der Waals surface area contributed by atoms with E-state index < -0.39 is 22.2 Å². The molecule has 1 aliphatic heterocycles. The minimum atomic E-state index is -1.20. The summed E-state index contributed by atoms with van der Waals surface area (Å²) in [4.78, 5) is 9.99. The van der Waals surface area contributed by atoms with Gasteiger partial charge in [0.25, 0.3) is 5.69 Å². The number of halogens is 2. The Morgan fingerprint density at radius 1 is 1.47 bits per heavy atom. The molecule has 1 aromatic carbocycles. The molecule has 0 amide bonds. The highest BCUT2D eigenvalue weighted by Gasteiger charge is 2.25. The van der Waals surface area contributed by atoms with Crippen LogP contribution in [0.15, 0.2) is 12.1 Å². The number of anilines is 1. The number of hydrogen-bond acceptors (Lipinski definition) is 4. The van der Waals surface area contributed by atoms with E-state index in [-0.39, 0.29) is 11.7 Å². The van der Waals surface area contributed by atoms with E-state index in [1.54, 1.807) is 0 Å². The first-order chi connectivity index (χ1) is 8.09. The van der Waals surface area contributed by atoms with Gasteiger partial charge in [-0.05, 0) is 19.0 Å². The van der Waals surface area contributed by atoms with Crippen molar-refractivity contribution in [1.29, 1.82) is 0 Å². The Balaban J connectivity index is 2.34. The highest BCUT2D eigenvalue weighted by Crippen LogP contribution is 2.30. The Morgan fingerprint density at radius 2 is 2.24 bits per heavy atom. The van der Waals surface area contributed by atoms with E-state index in [0.29, 0.717) is 13.0 Å². The molecule has 1 atom stereocenters. The highest BCUT2D eigenvalue weighted by atomic mass is 19.2. The first-order valence-corrected chi connectivity index (χ1v) is 5.19. The Morgan fingerprint density at radius 3 is 2.82 bits per heavy atom. The second-order valence-corrected chi connectivity index (χ2v) is 3.85. The lowest BCUT2D eigenvalue weighted by atomic mass is 10.2. The molecule has 1 heterocycles. The van der Waals surface area contributed by atoms with Gasteiger partial charge in [0.2, 0.25) is 0 Å². The van der Waals surface area contributed by atoms with E-state index >= 15 is 0 Å². The van der Waals surface area contributed by atoms with Crippen molar-refractivity contribution in [2.24, 2.45) is 0 Å². The summed E-state index contributed by atoms with van der Waals surface area (Å²) < 4.78 is 26.6. The summed E-state index contributed by atoms with van der Waals surface area (Å²) >= 11 is 0. The van der Waals surface area contributed by atoms with Gasteiger partial charge in [0.15, 0.2) is 17.3 Å². The maximum absolute atomic E-state index is 13.5. The molecule has 0 saturated carbocycles. The van der Waals surface area contributed by atoms with Gasteiger partial charge in [0.1, 0.15) is 0 Å². The van der Waals surface area contributed by atoms with Crippen LogP contribution in [0, 0.1) is 21.7 Å². The smallest absolute Gasteiger partial charge is 0.295 e. The second-order valence-electron chi connectivity index (χ2n) is 3.85. The molecule has 7 heteroatoms. The lowest BCUT2D eigenvalue weighted by Gasteiger charge is -2.13. The molecule has 92 valence electrons. The zero-order valence-corrected chi connectivity index (χ0v) is 8.87. The van der Waals surface area contributed by atoms with Gasteiger partial charge < -0.3 is 10.6 Å². The molecule has 1 saturated heterocycles. The van der Waals surface area contributed by atoms with Crippen LogP contribution in [0.1, 0.15) is 6.42 Å². The molecule has 0 bridgehead atoms. The molecule has 5 nitrogen and oxygen atoms in total. The van der Waals surface area contributed by atoms with Crippen molar-refractivity contribution in [3.63, 3.8) is 0 Å². The highest BCUT2D eigenvalue weighted by molar-refractivity contribution is 5.63. The zero-order chi connectivity index (χ0) is 12.4. The number of nitrogens with one attached hydrogen (secondary N) is 2. The summed E-state index contributed by atoms with van der Waals surface area (Å²) in [6.07, 6.45) is 0.715. The molecular formula is C10H11F2N3O2. The van der Waals surface area contributed by atoms with E-state index in [9.17, 15) is 18.9 Å². The van der Waals surface area contributed by atoms with Crippen molar-refractivity contribution >= 4 is 11.4 Å². The lowest BCUT2D eigenvalue weighted by molar-refractivity contribution is -0.384. The van der Waals surface area contributed by atoms with Crippen LogP contribution in [0.4, 0.5) is 20.2 Å². The minimum absolute atomic E-state index is 0.120. The van der Waals surface area contributed by atoms with Gasteiger partial charge in [-0.1, -0.05) is 0 Å². The molecule has 2 rings (SSSR count). The van der Waals surface area contributed by atoms with Crippen LogP contribution in [0.3, 0.4) is 0 Å². The number of rotatable bonds is 3. The Labute approximate surface area is 96.0 Å². The predicted octanol–water partition coefficient (Wildman–Crippen LogP) is 1.65. The van der Waals surface area contributed by atoms with Gasteiger partial charge in [-0.2, -0.15) is 0 Å². The summed E-state index contributed by atoms with van der Waals surface area (Å²) in [5.74, 6) is -2.30. The van der Waals surface area contributed by atoms with Crippen LogP contribution in [0.2, 0.25) is 0 Å². The van der Waals surface area contributed by atoms with Crippen molar-refractivity contribution in [2.75, 3.05) is 18.4 Å². The van der Waals surface area contributed by atoms with E-state index in [1.807, 2.05) is 0 Å². The van der Waals surface area contributed by atoms with Gasteiger partial charge >= 0.3 is 0 Å². The van der Waals surface area contributed by atoms with Crippen LogP contribution in [0.25, 0.3) is 0 Å². The maximum atomic E-state index is 13.5. The quantitative estimate of drug-likeness (QED) is 0.625. The summed E-state index contributed by atoms with van der Waals surface area (Å²) in [5, 5.41) is 16.4. The van der Waals surface area contributed by atoms with Gasteiger partial charge in [-0.15, -0.1) is 0 Å². The monoisotopic (exact) mass is 243 g/mol. The molecule has 1 unspecified atom stereocenters. The topological polar surface area (TPSA) is 67.2 Å². The molecule has 0 aliphatic carbocycles. The van der Waals surface area contributed by atoms with E-state index in [1.165, 1.54) is 0 Å². The first-order valence-electron chi connectivity index (χ1n) is 5.19. The van der Waals surface area contributed by atoms with Gasteiger partial charge in [-0.3, -0.25) is 10.1 Å². The van der Waals surface area contributed by atoms with Crippen LogP contribution in [-0.2, 0) is 0 Å². The van der Waals surface area contributed by atoms with Crippen LogP contribution < -0.4 is 10.6 Å². The number of benzene rings is 1. The van der Waals surface area contributed by atoms with Crippen molar-refractivity contribution in [3.05, 3.63) is 33.9 Å². The van der Waals surface area contributed by atoms with Crippen molar-refractivity contribution in [3.8, 4) is 0 Å². The van der Waals surface area contributed by atoms with Gasteiger partial charge in [-0.25, -0.2) is 8.78 Å². The van der Waals surface area contributed by atoms with E-state index in [2.05, 4.69) is 10.6 Å². The standard InChI is InChI=1S/C10H11F2N3O2/c11-7-1-2-8(15(16)17)10(9(7)12)14-6-3-4-13-5-6/h1-2,6,13-14H,3-5H2. The third-order valence-electron chi connectivity index (χ3n) is 2.68. The summed E-state index contributed by atoms with van der Waals surface area (Å²) in [7, 11) is 0. The molecular weight excluding hydrogens is 232 g/mol. The van der Waals surface area contributed by atoms with E-state index in [0.717, 1.165) is 18.7 Å². The molecule has 1 aromatic rings. The maximum Gasteiger partial charge on any atom is 0.295 e. The van der Waals surface area contributed by atoms with Gasteiger partial charge in [0, 0.05) is 18.7 Å². The molecule has 1 aliphatic rings. The molecule has 0 radical (unpaired) electrons. The van der Waals surface area contributed by atoms with E-state index in [4.69, 9.17) is 0 Å². The third kappa shape index (κ3) is 2.33. The van der Waals surface area contributed by atoms with Gasteiger partial charge in [0.05, 0.1) is 4.92 Å². The number of hydrogen-bond donors (Lipinski definition) is 2. The summed E-state index contributed by atoms with van der Waals surface area (Å²) in [5.41, 5.74) is -0.820. The fraction of sp³-hybridized carbons (Fsp3) is 0.400. The number of nitro groups is 1. The first kappa shape index (κ1) is 11.7. The molecule has 17 heavy (non-hydrogen) atoms. The summed E-state index contributed by atoms with van der Waals surface area (Å²) in [6.45, 7) is 1.33. The Bertz CT molecular complexity index is 447. The zero-order valence-electron chi connectivity index (χ0n) is 8.87. The average molecular weight is 243 g/mol. The average Bonchev–Trinajstić information content (AvgIpc) is 2.77. The second kappa shape index (κ2) is 4.62. The van der Waals surface area contributed by atoms with Crippen LogP contribution in [-0.4, -0.2) is 24.1 Å². The Hall–Kier alpha value is -1.76. The fourth-order valence-electron chi connectivity index (χ4n) is 1.81. The predicted molar refractivity (Wildman–Crippen MR) is 57.9 cm³/mol. The van der Waals surface area contributed by atoms with Crippen molar-refractivity contribution < 1.29 is 13.7 Å². The van der Waals surface area contributed by atoms with Crippen LogP contribution in [0.5, 0.6) is 0 Å². The number of nitrogens with zero attached hydrogens (tertiary/aromatic N) is 1. The minimum Gasteiger partial charge on any atom is -0.373 e. The lowest BCUT2D eigenvalue weighted by Crippen LogP contribution is -2.23.